The molecule has 0 unspecified atom stereocenters. The molecular formula is C17H20N2O5. The van der Waals surface area contributed by atoms with E-state index in [4.69, 9.17) is 14.7 Å². The van der Waals surface area contributed by atoms with Gasteiger partial charge in [0.15, 0.2) is 18.5 Å². The van der Waals surface area contributed by atoms with E-state index in [-0.39, 0.29) is 31.3 Å². The Morgan fingerprint density at radius 3 is 2.42 bits per heavy atom. The fraction of sp³-hybridized carbons (Fsp3) is 0.412. The maximum Gasteiger partial charge on any atom is 0.344 e. The Balaban J connectivity index is 2.44. The van der Waals surface area contributed by atoms with Gasteiger partial charge < -0.3 is 14.4 Å². The van der Waals surface area contributed by atoms with E-state index >= 15 is 0 Å². The summed E-state index contributed by atoms with van der Waals surface area (Å²) in [5.41, 5.74) is 0.546. The summed E-state index contributed by atoms with van der Waals surface area (Å²) in [5, 5.41) is 8.50. The van der Waals surface area contributed by atoms with Gasteiger partial charge in [-0.3, -0.25) is 9.59 Å². The third kappa shape index (κ3) is 6.08. The predicted molar refractivity (Wildman–Crippen MR) is 85.4 cm³/mol. The Hall–Kier alpha value is -2.88. The number of benzene rings is 1. The van der Waals surface area contributed by atoms with Gasteiger partial charge in [-0.05, 0) is 38.1 Å². The van der Waals surface area contributed by atoms with Crippen molar-refractivity contribution in [2.75, 3.05) is 20.2 Å². The Labute approximate surface area is 140 Å². The van der Waals surface area contributed by atoms with Crippen LogP contribution in [0.3, 0.4) is 0 Å². The molecule has 0 saturated carbocycles. The zero-order valence-corrected chi connectivity index (χ0v) is 13.9. The predicted octanol–water partition coefficient (Wildman–Crippen LogP) is 1.57. The third-order valence-electron chi connectivity index (χ3n) is 3.21. The number of amides is 1. The van der Waals surface area contributed by atoms with E-state index in [1.165, 1.54) is 25.8 Å². The molecule has 0 heterocycles. The van der Waals surface area contributed by atoms with Crippen LogP contribution in [-0.4, -0.2) is 48.9 Å². The molecule has 1 amide bonds. The summed E-state index contributed by atoms with van der Waals surface area (Å²) in [6.07, 6.45) is -0.743. The summed E-state index contributed by atoms with van der Waals surface area (Å²) in [6, 6.07) is 8.29. The zero-order chi connectivity index (χ0) is 18.1. The highest BCUT2D eigenvalue weighted by Gasteiger charge is 2.21. The molecule has 0 aromatic heterocycles. The van der Waals surface area contributed by atoms with E-state index < -0.39 is 12.1 Å². The van der Waals surface area contributed by atoms with Crippen LogP contribution in [0, 0.1) is 11.3 Å². The van der Waals surface area contributed by atoms with Gasteiger partial charge in [0.25, 0.3) is 5.91 Å². The summed E-state index contributed by atoms with van der Waals surface area (Å²) < 4.78 is 10.3. The molecule has 0 aliphatic heterocycles. The van der Waals surface area contributed by atoms with Crippen molar-refractivity contribution < 1.29 is 23.9 Å². The van der Waals surface area contributed by atoms with Gasteiger partial charge in [-0.25, -0.2) is 4.79 Å². The molecule has 0 bridgehead atoms. The largest absolute Gasteiger partial charge is 0.482 e. The number of likely N-dealkylation sites (N-methyl/N-ethyl adjacent to an activating group) is 1. The van der Waals surface area contributed by atoms with Crippen LogP contribution in [0.2, 0.25) is 0 Å². The number of esters is 1. The number of ether oxygens (including phenoxy) is 2. The second-order valence-electron chi connectivity index (χ2n) is 5.17. The molecule has 0 aliphatic carbocycles. The van der Waals surface area contributed by atoms with Crippen molar-refractivity contribution in [2.45, 2.75) is 26.4 Å². The van der Waals surface area contributed by atoms with E-state index in [2.05, 4.69) is 0 Å². The maximum absolute atomic E-state index is 11.9. The van der Waals surface area contributed by atoms with Gasteiger partial charge in [-0.1, -0.05) is 0 Å². The van der Waals surface area contributed by atoms with Gasteiger partial charge in [0, 0.05) is 19.2 Å². The first-order chi connectivity index (χ1) is 11.3. The lowest BCUT2D eigenvalue weighted by Gasteiger charge is -2.20. The second-order valence-corrected chi connectivity index (χ2v) is 5.17. The lowest BCUT2D eigenvalue weighted by atomic mass is 10.1. The van der Waals surface area contributed by atoms with Crippen molar-refractivity contribution in [3.05, 3.63) is 29.8 Å². The topological polar surface area (TPSA) is 96.7 Å². The molecule has 0 saturated heterocycles. The molecule has 1 aromatic rings. The molecule has 0 radical (unpaired) electrons. The van der Waals surface area contributed by atoms with Crippen molar-refractivity contribution in [3.8, 4) is 11.8 Å². The minimum Gasteiger partial charge on any atom is -0.482 e. The van der Waals surface area contributed by atoms with Gasteiger partial charge in [0.2, 0.25) is 0 Å². The third-order valence-corrected chi connectivity index (χ3v) is 3.21. The highest BCUT2D eigenvalue weighted by atomic mass is 16.6. The highest BCUT2D eigenvalue weighted by Crippen LogP contribution is 2.12. The van der Waals surface area contributed by atoms with Gasteiger partial charge in [0.1, 0.15) is 5.75 Å². The fourth-order valence-corrected chi connectivity index (χ4v) is 1.85. The van der Waals surface area contributed by atoms with Crippen LogP contribution < -0.4 is 4.74 Å². The Kier molecular flexibility index (Phi) is 7.43. The van der Waals surface area contributed by atoms with Crippen LogP contribution in [0.1, 0.15) is 30.6 Å². The van der Waals surface area contributed by atoms with Crippen molar-refractivity contribution in [2.24, 2.45) is 0 Å². The zero-order valence-electron chi connectivity index (χ0n) is 13.9. The first-order valence-corrected chi connectivity index (χ1v) is 7.40. The van der Waals surface area contributed by atoms with Gasteiger partial charge in [-0.2, -0.15) is 5.26 Å². The van der Waals surface area contributed by atoms with Crippen molar-refractivity contribution in [3.63, 3.8) is 0 Å². The molecule has 0 aliphatic rings. The van der Waals surface area contributed by atoms with E-state index in [1.807, 2.05) is 6.07 Å². The molecule has 1 atom stereocenters. The SMILES string of the molecule is CC(=O)c1ccc(OCC(=O)O[C@H](C)C(=O)N(C)CCC#N)cc1. The number of Topliss-reactive ketones (excluding diaryl/α,β-unsaturated/α-hetero) is 1. The minimum absolute atomic E-state index is 0.0613. The first kappa shape index (κ1) is 19.2. The van der Waals surface area contributed by atoms with Crippen LogP contribution in [0.5, 0.6) is 5.75 Å². The maximum atomic E-state index is 11.9. The number of nitriles is 1. The number of rotatable bonds is 8. The summed E-state index contributed by atoms with van der Waals surface area (Å²) in [7, 11) is 1.54. The van der Waals surface area contributed by atoms with E-state index in [0.717, 1.165) is 0 Å². The smallest absolute Gasteiger partial charge is 0.344 e. The monoisotopic (exact) mass is 332 g/mol. The molecule has 0 spiro atoms. The lowest BCUT2D eigenvalue weighted by molar-refractivity contribution is -0.160. The summed E-state index contributed by atoms with van der Waals surface area (Å²) in [5.74, 6) is -0.708. The van der Waals surface area contributed by atoms with Gasteiger partial charge >= 0.3 is 5.97 Å². The quantitative estimate of drug-likeness (QED) is 0.529. The molecule has 7 nitrogen and oxygen atoms in total. The van der Waals surface area contributed by atoms with E-state index in [1.54, 1.807) is 24.3 Å². The summed E-state index contributed by atoms with van der Waals surface area (Å²) >= 11 is 0. The second kappa shape index (κ2) is 9.30. The first-order valence-electron chi connectivity index (χ1n) is 7.40. The fourth-order valence-electron chi connectivity index (χ4n) is 1.85. The van der Waals surface area contributed by atoms with Crippen molar-refractivity contribution in [1.82, 2.24) is 4.90 Å². The average Bonchev–Trinajstić information content (AvgIpc) is 2.57. The molecule has 24 heavy (non-hydrogen) atoms. The molecule has 0 fully saturated rings. The number of carbonyl (C=O) groups is 3. The molecule has 128 valence electrons. The number of ketones is 1. The standard InChI is InChI=1S/C17H20N2O5/c1-12(20)14-5-7-15(8-6-14)23-11-16(21)24-13(2)17(22)19(3)10-4-9-18/h5-8,13H,4,10-11H2,1-3H3/t13-/m1/s1. The molecule has 7 heteroatoms. The Morgan fingerprint density at radius 2 is 1.88 bits per heavy atom. The average molecular weight is 332 g/mol. The van der Waals surface area contributed by atoms with Gasteiger partial charge in [0.05, 0.1) is 12.5 Å². The molecular weight excluding hydrogens is 312 g/mol. The number of hydrogen-bond acceptors (Lipinski definition) is 6. The van der Waals surface area contributed by atoms with Gasteiger partial charge in [-0.15, -0.1) is 0 Å². The number of carbonyl (C=O) groups excluding carboxylic acids is 3. The van der Waals surface area contributed by atoms with E-state index in [9.17, 15) is 14.4 Å². The molecule has 0 N–H and O–H groups in total. The van der Waals surface area contributed by atoms with E-state index in [0.29, 0.717) is 11.3 Å². The lowest BCUT2D eigenvalue weighted by Crippen LogP contribution is -2.38. The van der Waals surface area contributed by atoms with Crippen LogP contribution in [-0.2, 0) is 14.3 Å². The van der Waals surface area contributed by atoms with Crippen LogP contribution in [0.4, 0.5) is 0 Å². The minimum atomic E-state index is -0.954. The number of hydrogen-bond donors (Lipinski definition) is 0. The Morgan fingerprint density at radius 1 is 1.25 bits per heavy atom. The van der Waals surface area contributed by atoms with Crippen LogP contribution in [0.15, 0.2) is 24.3 Å². The summed E-state index contributed by atoms with van der Waals surface area (Å²) in [4.78, 5) is 36.1. The van der Waals surface area contributed by atoms with Crippen molar-refractivity contribution in [1.29, 1.82) is 5.26 Å². The summed E-state index contributed by atoms with van der Waals surface area (Å²) in [6.45, 7) is 2.85. The molecule has 1 aromatic carbocycles. The van der Waals surface area contributed by atoms with Crippen LogP contribution >= 0.6 is 0 Å². The van der Waals surface area contributed by atoms with Crippen LogP contribution in [0.25, 0.3) is 0 Å². The highest BCUT2D eigenvalue weighted by molar-refractivity contribution is 5.94. The van der Waals surface area contributed by atoms with Crippen molar-refractivity contribution >= 4 is 17.7 Å². The Bertz CT molecular complexity index is 633. The normalized spacial score (nSPS) is 11.1. The molecule has 1 rings (SSSR count). The number of nitrogens with zero attached hydrogens (tertiary/aromatic N) is 2.